The molecule has 4 saturated carbocycles. The molecule has 4 aliphatic rings. The molecule has 4 aliphatic carbocycles. The van der Waals surface area contributed by atoms with E-state index in [1.165, 1.54) is 0 Å². The number of fused-ring (bicyclic) bond motifs is 5. The summed E-state index contributed by atoms with van der Waals surface area (Å²) in [5, 5.41) is 43.5. The molecule has 6 heteroatoms. The van der Waals surface area contributed by atoms with E-state index in [4.69, 9.17) is 0 Å². The molecule has 0 aromatic rings. The molecule has 0 saturated heterocycles. The van der Waals surface area contributed by atoms with E-state index in [2.05, 4.69) is 20.8 Å². The average Bonchev–Trinajstić information content (AvgIpc) is 2.91. The van der Waals surface area contributed by atoms with E-state index in [0.717, 1.165) is 44.9 Å². The van der Waals surface area contributed by atoms with Gasteiger partial charge in [-0.05, 0) is 104 Å². The Morgan fingerprint density at radius 1 is 1.00 bits per heavy atom. The Morgan fingerprint density at radius 2 is 1.67 bits per heavy atom. The van der Waals surface area contributed by atoms with E-state index >= 15 is 0 Å². The summed E-state index contributed by atoms with van der Waals surface area (Å²) in [5.74, 6) is 0.518. The van der Waals surface area contributed by atoms with Gasteiger partial charge in [-0.25, -0.2) is 0 Å². The molecule has 0 heterocycles. The molecule has 0 aromatic heterocycles. The van der Waals surface area contributed by atoms with Crippen LogP contribution < -0.4 is 34.7 Å². The van der Waals surface area contributed by atoms with Crippen molar-refractivity contribution in [1.82, 2.24) is 0 Å². The van der Waals surface area contributed by atoms with Crippen LogP contribution in [0.3, 0.4) is 0 Å². The van der Waals surface area contributed by atoms with Gasteiger partial charge in [-0.15, -0.1) is 0 Å². The van der Waals surface area contributed by atoms with Crippen LogP contribution in [0.1, 0.15) is 78.6 Å². The zero-order chi connectivity index (χ0) is 21.1. The van der Waals surface area contributed by atoms with Gasteiger partial charge >= 0.3 is 29.6 Å². The number of carbonyl (C=O) groups excluding carboxylic acids is 1. The van der Waals surface area contributed by atoms with Gasteiger partial charge in [-0.2, -0.15) is 0 Å². The average molecular weight is 431 g/mol. The second kappa shape index (κ2) is 8.95. The fraction of sp³-hybridized carbons (Fsp3) is 0.958. The van der Waals surface area contributed by atoms with E-state index in [1.54, 1.807) is 0 Å². The third-order valence-corrected chi connectivity index (χ3v) is 10.2. The molecule has 0 spiro atoms. The number of hydrogen-bond donors (Lipinski definition) is 3. The number of aliphatic carboxylic acids is 1. The van der Waals surface area contributed by atoms with Crippen molar-refractivity contribution in [3.63, 3.8) is 0 Å². The van der Waals surface area contributed by atoms with Crippen LogP contribution in [-0.4, -0.2) is 39.6 Å². The second-order valence-electron chi connectivity index (χ2n) is 11.5. The molecule has 0 amide bonds. The summed E-state index contributed by atoms with van der Waals surface area (Å²) >= 11 is 0. The van der Waals surface area contributed by atoms with E-state index in [1.807, 2.05) is 0 Å². The number of carboxylic acid groups (broad SMARTS) is 1. The topological polar surface area (TPSA) is 101 Å². The molecule has 0 radical (unpaired) electrons. The first-order chi connectivity index (χ1) is 13.6. The van der Waals surface area contributed by atoms with Gasteiger partial charge in [0, 0.05) is 5.97 Å². The summed E-state index contributed by atoms with van der Waals surface area (Å²) in [7, 11) is 0. The van der Waals surface area contributed by atoms with Gasteiger partial charge in [0.2, 0.25) is 0 Å². The van der Waals surface area contributed by atoms with Crippen molar-refractivity contribution >= 4 is 5.97 Å². The molecule has 4 rings (SSSR count). The fourth-order valence-electron chi connectivity index (χ4n) is 8.81. The van der Waals surface area contributed by atoms with Crippen LogP contribution in [0.5, 0.6) is 0 Å². The summed E-state index contributed by atoms with van der Waals surface area (Å²) in [6.07, 6.45) is 5.86. The molecule has 4 fully saturated rings. The molecule has 11 atom stereocenters. The summed E-state index contributed by atoms with van der Waals surface area (Å²) in [5.41, 5.74) is 0.123. The molecule has 166 valence electrons. The van der Waals surface area contributed by atoms with Gasteiger partial charge < -0.3 is 25.2 Å². The Hall–Kier alpha value is 0.350. The van der Waals surface area contributed by atoms with Crippen molar-refractivity contribution < 1.29 is 54.8 Å². The van der Waals surface area contributed by atoms with Crippen LogP contribution >= 0.6 is 0 Å². The third kappa shape index (κ3) is 3.94. The van der Waals surface area contributed by atoms with Crippen LogP contribution in [0.2, 0.25) is 0 Å². The van der Waals surface area contributed by atoms with Crippen LogP contribution in [-0.2, 0) is 4.79 Å². The molecule has 5 nitrogen and oxygen atoms in total. The first-order valence-corrected chi connectivity index (χ1v) is 11.8. The Balaban J connectivity index is 0.00000256. The Kier molecular flexibility index (Phi) is 7.45. The molecular formula is C24H39NaO5. The van der Waals surface area contributed by atoms with Gasteiger partial charge in [-0.1, -0.05) is 20.8 Å². The number of rotatable bonds is 4. The van der Waals surface area contributed by atoms with E-state index in [9.17, 15) is 25.2 Å². The SMILES string of the molecule is C[C@H](CCC(=O)[O-])[C@H]1[C@H](O)C[C@H]2[C@@H]3[C@H](O)C[C@@H]4C[C@H](O)CC[C@]4(C)[C@H]3CC[C@]12C.[Na+]. The number of aliphatic hydroxyl groups excluding tert-OH is 3. The molecule has 0 unspecified atom stereocenters. The van der Waals surface area contributed by atoms with Crippen molar-refractivity contribution in [2.24, 2.45) is 46.3 Å². The summed E-state index contributed by atoms with van der Waals surface area (Å²) in [6, 6.07) is 0. The molecule has 0 aromatic carbocycles. The normalized spacial score (nSPS) is 51.1. The molecular weight excluding hydrogens is 391 g/mol. The maximum Gasteiger partial charge on any atom is 1.00 e. The first-order valence-electron chi connectivity index (χ1n) is 11.8. The smallest absolute Gasteiger partial charge is 0.550 e. The largest absolute Gasteiger partial charge is 1.00 e. The van der Waals surface area contributed by atoms with Gasteiger partial charge in [0.25, 0.3) is 0 Å². The van der Waals surface area contributed by atoms with Crippen LogP contribution in [0.25, 0.3) is 0 Å². The predicted molar refractivity (Wildman–Crippen MR) is 107 cm³/mol. The minimum Gasteiger partial charge on any atom is -0.550 e. The van der Waals surface area contributed by atoms with Crippen LogP contribution in [0.4, 0.5) is 0 Å². The Labute approximate surface area is 203 Å². The van der Waals surface area contributed by atoms with Crippen molar-refractivity contribution in [1.29, 1.82) is 0 Å². The van der Waals surface area contributed by atoms with Gasteiger partial charge in [0.1, 0.15) is 0 Å². The first kappa shape index (κ1) is 25.0. The molecule has 30 heavy (non-hydrogen) atoms. The van der Waals surface area contributed by atoms with Gasteiger partial charge in [0.15, 0.2) is 0 Å². The summed E-state index contributed by atoms with van der Waals surface area (Å²) in [4.78, 5) is 11.0. The number of carbonyl (C=O) groups is 1. The third-order valence-electron chi connectivity index (χ3n) is 10.2. The van der Waals surface area contributed by atoms with Crippen molar-refractivity contribution in [2.45, 2.75) is 96.9 Å². The van der Waals surface area contributed by atoms with E-state index < -0.39 is 12.1 Å². The molecule has 0 bridgehead atoms. The summed E-state index contributed by atoms with van der Waals surface area (Å²) in [6.45, 7) is 6.75. The maximum atomic E-state index is 11.2. The minimum atomic E-state index is -1.02. The zero-order valence-electron chi connectivity index (χ0n) is 19.2. The Bertz CT molecular complexity index is 643. The van der Waals surface area contributed by atoms with E-state index in [0.29, 0.717) is 18.3 Å². The van der Waals surface area contributed by atoms with Gasteiger partial charge in [0.05, 0.1) is 18.3 Å². The number of aliphatic hydroxyl groups is 3. The fourth-order valence-corrected chi connectivity index (χ4v) is 8.81. The standard InChI is InChI=1S/C24H40O5.Na/c1-13(4-5-20(28)29)22-19(27)12-17-21-16(7-9-24(17,22)3)23(2)8-6-15(25)10-14(23)11-18(21)26;/h13-19,21-22,25-27H,4-12H2,1-3H3,(H,28,29);/q;+1/p-1/t13-,14+,15-,16+,17+,18-,19-,21-,22+,23+,24+;/m1./s1. The number of hydrogen-bond acceptors (Lipinski definition) is 5. The molecule has 0 aliphatic heterocycles. The van der Waals surface area contributed by atoms with Crippen molar-refractivity contribution in [2.75, 3.05) is 0 Å². The van der Waals surface area contributed by atoms with Crippen LogP contribution in [0, 0.1) is 46.3 Å². The predicted octanol–water partition coefficient (Wildman–Crippen LogP) is -0.882. The Morgan fingerprint density at radius 3 is 2.33 bits per heavy atom. The minimum absolute atomic E-state index is 0. The second-order valence-corrected chi connectivity index (χ2v) is 11.5. The summed E-state index contributed by atoms with van der Waals surface area (Å²) < 4.78 is 0. The van der Waals surface area contributed by atoms with Crippen LogP contribution in [0.15, 0.2) is 0 Å². The van der Waals surface area contributed by atoms with E-state index in [-0.39, 0.29) is 82.7 Å². The van der Waals surface area contributed by atoms with Gasteiger partial charge in [-0.3, -0.25) is 0 Å². The zero-order valence-corrected chi connectivity index (χ0v) is 21.2. The van der Waals surface area contributed by atoms with Crippen molar-refractivity contribution in [3.05, 3.63) is 0 Å². The number of carboxylic acids is 1. The maximum absolute atomic E-state index is 11.2. The quantitative estimate of drug-likeness (QED) is 0.503. The monoisotopic (exact) mass is 430 g/mol. The molecule has 3 N–H and O–H groups in total. The van der Waals surface area contributed by atoms with Crippen molar-refractivity contribution in [3.8, 4) is 0 Å².